The van der Waals surface area contributed by atoms with E-state index in [-0.39, 0.29) is 53.4 Å². The molecule has 0 saturated heterocycles. The van der Waals surface area contributed by atoms with Crippen LogP contribution in [0, 0.1) is 10.8 Å². The maximum atomic E-state index is 10.8. The van der Waals surface area contributed by atoms with Crippen molar-refractivity contribution in [2.24, 2.45) is 0 Å². The maximum Gasteiger partial charge on any atom is 2.00 e. The second-order valence-corrected chi connectivity index (χ2v) is 7.44. The molecule has 0 fully saturated rings. The molecule has 1 heterocycles. The Balaban J connectivity index is -0.000000396. The van der Waals surface area contributed by atoms with Crippen molar-refractivity contribution in [2.75, 3.05) is 0 Å². The van der Waals surface area contributed by atoms with Crippen LogP contribution in [-0.4, -0.2) is 28.0 Å². The number of aromatic nitrogens is 1. The van der Waals surface area contributed by atoms with E-state index >= 15 is 0 Å². The number of allylic oxidation sites excluding steroid dienone is 8. The van der Waals surface area contributed by atoms with E-state index in [1.807, 2.05) is 26.0 Å². The summed E-state index contributed by atoms with van der Waals surface area (Å²) in [6.45, 7) is 10.9. The van der Waals surface area contributed by atoms with Gasteiger partial charge in [-0.3, -0.25) is 9.59 Å². The van der Waals surface area contributed by atoms with Crippen molar-refractivity contribution >= 4 is 23.0 Å². The fourth-order valence-corrected chi connectivity index (χ4v) is 2.65. The van der Waals surface area contributed by atoms with Gasteiger partial charge >= 0.3 is 17.1 Å². The van der Waals surface area contributed by atoms with Crippen LogP contribution in [0.15, 0.2) is 64.8 Å². The first kappa shape index (κ1) is 35.5. The Morgan fingerprint density at radius 2 is 1.09 bits per heavy atom. The molecule has 0 amide bonds. The zero-order chi connectivity index (χ0) is 22.8. The minimum absolute atomic E-state index is 0. The summed E-state index contributed by atoms with van der Waals surface area (Å²) in [5.41, 5.74) is 6.95. The van der Waals surface area contributed by atoms with Crippen molar-refractivity contribution in [3.05, 3.63) is 76.2 Å². The van der Waals surface area contributed by atoms with Crippen molar-refractivity contribution in [3.63, 3.8) is 0 Å². The fraction of sp³-hybridized carbons (Fsp3) is 0.320. The van der Waals surface area contributed by atoms with Gasteiger partial charge in [0.15, 0.2) is 11.6 Å². The molecule has 0 unspecified atom stereocenters. The third-order valence-electron chi connectivity index (χ3n) is 4.57. The molecule has 8 heteroatoms. The molecule has 2 N–H and O–H groups in total. The standard InChI is InChI=1S/C9H9NO2.2C8H11N.2ClH.Fe/c1-6(11)8-4-3-5-9(10-8)7(2)12;2*1-6-3-4-8(9)7(2)5-6;;;/h3-5H,1-2H3;2*3,5,9H,4H2,1-2H3;2*1H;/q;;;;;+2/p-2. The number of pyridine rings is 1. The summed E-state index contributed by atoms with van der Waals surface area (Å²) in [4.78, 5) is 25.6. The number of nitrogens with one attached hydrogen (secondary N) is 2. The Kier molecular flexibility index (Phi) is 18.7. The smallest absolute Gasteiger partial charge is 1.00 e. The summed E-state index contributed by atoms with van der Waals surface area (Å²) in [6.07, 6.45) is 9.88. The van der Waals surface area contributed by atoms with Crippen LogP contribution >= 0.6 is 0 Å². The molecule has 3 rings (SSSR count). The van der Waals surface area contributed by atoms with Gasteiger partial charge in [-0.05, 0) is 51.0 Å². The van der Waals surface area contributed by atoms with Crippen LogP contribution in [0.25, 0.3) is 0 Å². The Bertz CT molecular complexity index is 918. The molecule has 0 aromatic carbocycles. The number of hydrogen-bond acceptors (Lipinski definition) is 5. The van der Waals surface area contributed by atoms with E-state index < -0.39 is 0 Å². The topological polar surface area (TPSA) is 94.7 Å². The molecule has 33 heavy (non-hydrogen) atoms. The SMILES string of the molecule is CC(=O)c1cccc(C(C)=O)n1.CC1=CCC(=N)C(C)=C1.CC1=CCC(=N)C(C)=C1.[Cl-].[Cl-].[Fe+2]. The van der Waals surface area contributed by atoms with Crippen LogP contribution in [-0.2, 0) is 17.1 Å². The number of rotatable bonds is 2. The van der Waals surface area contributed by atoms with Gasteiger partial charge in [0.1, 0.15) is 11.4 Å². The van der Waals surface area contributed by atoms with Crippen LogP contribution in [0.3, 0.4) is 0 Å². The molecular formula is C25H31Cl2FeN3O2. The molecule has 0 spiro atoms. The molecule has 0 saturated carbocycles. The van der Waals surface area contributed by atoms with Gasteiger partial charge in [0, 0.05) is 38.1 Å². The molecule has 0 atom stereocenters. The first-order valence-corrected chi connectivity index (χ1v) is 9.86. The predicted molar refractivity (Wildman–Crippen MR) is 124 cm³/mol. The van der Waals surface area contributed by atoms with E-state index in [0.717, 1.165) is 35.4 Å². The average Bonchev–Trinajstić information content (AvgIpc) is 2.69. The molecule has 0 bridgehead atoms. The van der Waals surface area contributed by atoms with Gasteiger partial charge in [-0.2, -0.15) is 0 Å². The number of carbonyl (C=O) groups excluding carboxylic acids is 2. The third kappa shape index (κ3) is 13.2. The first-order valence-electron chi connectivity index (χ1n) is 9.86. The number of Topliss-reactive ketones (excluding diaryl/α,β-unsaturated/α-hetero) is 2. The summed E-state index contributed by atoms with van der Waals surface area (Å²) in [5.74, 6) is -0.254. The summed E-state index contributed by atoms with van der Waals surface area (Å²) in [6, 6.07) is 4.84. The molecule has 5 nitrogen and oxygen atoms in total. The second-order valence-electron chi connectivity index (χ2n) is 7.44. The summed E-state index contributed by atoms with van der Waals surface area (Å²) in [5, 5.41) is 14.7. The Labute approximate surface area is 220 Å². The van der Waals surface area contributed by atoms with Crippen LogP contribution in [0.1, 0.15) is 75.4 Å². The number of halogens is 2. The van der Waals surface area contributed by atoms with Gasteiger partial charge < -0.3 is 35.6 Å². The minimum atomic E-state index is -0.127. The second kappa shape index (κ2) is 17.4. The fourth-order valence-electron chi connectivity index (χ4n) is 2.65. The van der Waals surface area contributed by atoms with E-state index in [1.165, 1.54) is 25.0 Å². The van der Waals surface area contributed by atoms with E-state index in [4.69, 9.17) is 10.8 Å². The molecule has 1 aromatic rings. The molecule has 1 aromatic heterocycles. The van der Waals surface area contributed by atoms with Crippen LogP contribution in [0.5, 0.6) is 0 Å². The monoisotopic (exact) mass is 531 g/mol. The molecule has 180 valence electrons. The van der Waals surface area contributed by atoms with Crippen molar-refractivity contribution in [1.82, 2.24) is 4.98 Å². The molecular weight excluding hydrogens is 501 g/mol. The Hall–Kier alpha value is -2.11. The van der Waals surface area contributed by atoms with E-state index in [9.17, 15) is 9.59 Å². The van der Waals surface area contributed by atoms with E-state index in [0.29, 0.717) is 11.4 Å². The van der Waals surface area contributed by atoms with Gasteiger partial charge in [0.2, 0.25) is 0 Å². The van der Waals surface area contributed by atoms with Crippen LogP contribution in [0.4, 0.5) is 0 Å². The van der Waals surface area contributed by atoms with Gasteiger partial charge in [-0.25, -0.2) is 4.98 Å². The van der Waals surface area contributed by atoms with Crippen LogP contribution in [0.2, 0.25) is 0 Å². The summed E-state index contributed by atoms with van der Waals surface area (Å²) in [7, 11) is 0. The zero-order valence-electron chi connectivity index (χ0n) is 19.8. The van der Waals surface area contributed by atoms with Crippen LogP contribution < -0.4 is 24.8 Å². The number of ketones is 2. The van der Waals surface area contributed by atoms with Gasteiger partial charge in [0.25, 0.3) is 0 Å². The first-order chi connectivity index (χ1) is 14.0. The normalized spacial score (nSPS) is 13.9. The van der Waals surface area contributed by atoms with E-state index in [2.05, 4.69) is 31.0 Å². The predicted octanol–water partition coefficient (Wildman–Crippen LogP) is 0.0972. The Morgan fingerprint density at radius 1 is 0.758 bits per heavy atom. The summed E-state index contributed by atoms with van der Waals surface area (Å²) < 4.78 is 0. The zero-order valence-corrected chi connectivity index (χ0v) is 22.4. The van der Waals surface area contributed by atoms with Crippen molar-refractivity contribution in [3.8, 4) is 0 Å². The van der Waals surface area contributed by atoms with Gasteiger partial charge in [-0.1, -0.05) is 41.5 Å². The number of carbonyl (C=O) groups is 2. The van der Waals surface area contributed by atoms with Crippen molar-refractivity contribution in [2.45, 2.75) is 54.4 Å². The van der Waals surface area contributed by atoms with E-state index in [1.54, 1.807) is 18.2 Å². The molecule has 2 aliphatic carbocycles. The third-order valence-corrected chi connectivity index (χ3v) is 4.57. The minimum Gasteiger partial charge on any atom is -1.00 e. The number of nitrogens with zero attached hydrogens (tertiary/aromatic N) is 1. The van der Waals surface area contributed by atoms with Crippen molar-refractivity contribution < 1.29 is 51.5 Å². The largest absolute Gasteiger partial charge is 2.00 e. The molecule has 2 aliphatic rings. The maximum absolute atomic E-state index is 10.8. The van der Waals surface area contributed by atoms with Crippen molar-refractivity contribution in [1.29, 1.82) is 10.8 Å². The Morgan fingerprint density at radius 3 is 1.33 bits per heavy atom. The average molecular weight is 532 g/mol. The quantitative estimate of drug-likeness (QED) is 0.418. The molecule has 0 radical (unpaired) electrons. The van der Waals surface area contributed by atoms with Gasteiger partial charge in [-0.15, -0.1) is 0 Å². The van der Waals surface area contributed by atoms with Gasteiger partial charge in [0.05, 0.1) is 0 Å². The number of hydrogen-bond donors (Lipinski definition) is 2. The summed E-state index contributed by atoms with van der Waals surface area (Å²) >= 11 is 0. The molecule has 0 aliphatic heterocycles.